The quantitative estimate of drug-likeness (QED) is 0.279. The van der Waals surface area contributed by atoms with Gasteiger partial charge in [0, 0.05) is 21.9 Å². The number of rotatable bonds is 11. The first-order valence-electron chi connectivity index (χ1n) is 16.7. The predicted molar refractivity (Wildman–Crippen MR) is 174 cm³/mol. The van der Waals surface area contributed by atoms with Crippen LogP contribution in [0.15, 0.2) is 41.4 Å². The lowest BCUT2D eigenvalue weighted by atomic mass is 9.81. The number of primary amides is 1. The first-order valence-corrected chi connectivity index (χ1v) is 16.7. The zero-order valence-electron chi connectivity index (χ0n) is 27.6. The number of fused-ring (bicyclic) bond motifs is 2. The third kappa shape index (κ3) is 6.04. The summed E-state index contributed by atoms with van der Waals surface area (Å²) in [7, 11) is 1.53. The van der Waals surface area contributed by atoms with Gasteiger partial charge in [-0.05, 0) is 87.3 Å². The van der Waals surface area contributed by atoms with Crippen LogP contribution in [0.1, 0.15) is 78.2 Å². The number of aliphatic hydroxyl groups is 1. The summed E-state index contributed by atoms with van der Waals surface area (Å²) in [6, 6.07) is 8.29. The molecule has 4 N–H and O–H groups in total. The van der Waals surface area contributed by atoms with Gasteiger partial charge < -0.3 is 25.6 Å². The van der Waals surface area contributed by atoms with Crippen molar-refractivity contribution in [3.63, 3.8) is 0 Å². The Morgan fingerprint density at radius 2 is 1.88 bits per heavy atom. The largest absolute Gasteiger partial charge is 0.494 e. The maximum absolute atomic E-state index is 13.8. The van der Waals surface area contributed by atoms with Gasteiger partial charge in [0.1, 0.15) is 40.2 Å². The van der Waals surface area contributed by atoms with Crippen LogP contribution in [-0.4, -0.2) is 48.2 Å². The van der Waals surface area contributed by atoms with Crippen molar-refractivity contribution in [2.24, 2.45) is 22.6 Å². The molecule has 0 spiro atoms. The van der Waals surface area contributed by atoms with Crippen molar-refractivity contribution < 1.29 is 37.3 Å². The Morgan fingerprint density at radius 1 is 1.12 bits per heavy atom. The number of methoxy groups -OCH3 is 1. The highest BCUT2D eigenvalue weighted by molar-refractivity contribution is 5.95. The maximum Gasteiger partial charge on any atom is 0.416 e. The van der Waals surface area contributed by atoms with Crippen LogP contribution in [0, 0.1) is 18.8 Å². The number of carbonyl (C=O) groups excluding carboxylic acids is 2. The van der Waals surface area contributed by atoms with Gasteiger partial charge in [-0.25, -0.2) is 4.98 Å². The van der Waals surface area contributed by atoms with Gasteiger partial charge in [-0.1, -0.05) is 25.0 Å². The van der Waals surface area contributed by atoms with Crippen molar-refractivity contribution in [2.45, 2.75) is 75.6 Å². The molecule has 49 heavy (non-hydrogen) atoms. The number of aryl methyl sites for hydroxylation is 1. The number of aromatic nitrogens is 1. The van der Waals surface area contributed by atoms with Crippen molar-refractivity contribution in [3.05, 3.63) is 74.9 Å². The van der Waals surface area contributed by atoms with Crippen LogP contribution in [0.4, 0.5) is 13.2 Å². The summed E-state index contributed by atoms with van der Waals surface area (Å²) in [4.78, 5) is 35.9. The molecule has 1 unspecified atom stereocenters. The van der Waals surface area contributed by atoms with Crippen LogP contribution in [-0.2, 0) is 22.0 Å². The molecule has 0 saturated heterocycles. The summed E-state index contributed by atoms with van der Waals surface area (Å²) in [5.41, 5.74) is 3.35. The van der Waals surface area contributed by atoms with Crippen LogP contribution < -0.4 is 31.1 Å². The zero-order valence-corrected chi connectivity index (χ0v) is 27.6. The molecule has 2 aromatic carbocycles. The molecule has 0 bridgehead atoms. The molecule has 7 rings (SSSR count). The third-order valence-electron chi connectivity index (χ3n) is 10.5. The Kier molecular flexibility index (Phi) is 8.00. The molecule has 3 aromatic rings. The molecule has 2 aliphatic carbocycles. The van der Waals surface area contributed by atoms with Crippen LogP contribution >= 0.6 is 0 Å². The van der Waals surface area contributed by atoms with E-state index in [1.165, 1.54) is 26.0 Å². The van der Waals surface area contributed by atoms with E-state index in [-0.39, 0.29) is 47.8 Å². The lowest BCUT2D eigenvalue weighted by molar-refractivity contribution is -0.137. The minimum Gasteiger partial charge on any atom is -0.494 e. The van der Waals surface area contributed by atoms with E-state index in [0.29, 0.717) is 40.6 Å². The Morgan fingerprint density at radius 3 is 2.53 bits per heavy atom. The van der Waals surface area contributed by atoms with Gasteiger partial charge in [-0.3, -0.25) is 14.6 Å². The number of halogens is 3. The molecule has 3 atom stereocenters. The van der Waals surface area contributed by atoms with Gasteiger partial charge >= 0.3 is 6.18 Å². The lowest BCUT2D eigenvalue weighted by Crippen LogP contribution is -2.44. The number of nitrogens with two attached hydrogens (primary N) is 1. The molecular weight excluding hydrogens is 637 g/mol. The normalized spacial score (nSPS) is 22.2. The van der Waals surface area contributed by atoms with Crippen LogP contribution in [0.2, 0.25) is 0 Å². The van der Waals surface area contributed by atoms with Crippen molar-refractivity contribution in [1.29, 1.82) is 0 Å². The molecule has 3 heterocycles. The minimum absolute atomic E-state index is 0.0263. The molecule has 9 nitrogen and oxygen atoms in total. The standard InChI is InChI=1S/C37H39F3N4O5/c1-19-4-8-24(37(38,39)40)15-26(19)31-32-27(35(2,18-49-32)34(41)46)16-29(44-31)36(47,23-9-10-23)17-42-33(45)22-12-21-13-25(11-7-20-5-6-20)43-30(21)28(14-22)48-3/h4,8,12-16,20,23,25,47H,5-7,9-11,17-18H2,1-3H3,(H2,41,46)(H,42,45)/t25?,35-,36+/m0/s1. The van der Waals surface area contributed by atoms with E-state index in [4.69, 9.17) is 25.2 Å². The second-order valence-electron chi connectivity index (χ2n) is 14.1. The molecule has 0 radical (unpaired) electrons. The van der Waals surface area contributed by atoms with Crippen molar-refractivity contribution >= 4 is 17.9 Å². The molecule has 258 valence electrons. The summed E-state index contributed by atoms with van der Waals surface area (Å²) < 4.78 is 53.0. The number of nitrogens with one attached hydrogen (secondary N) is 1. The average Bonchev–Trinajstić information content (AvgIpc) is 4.01. The molecule has 2 fully saturated rings. The van der Waals surface area contributed by atoms with Gasteiger partial charge in [-0.15, -0.1) is 0 Å². The number of carbonyl (C=O) groups is 2. The fourth-order valence-electron chi connectivity index (χ4n) is 6.92. The molecule has 2 amide bonds. The molecule has 2 saturated carbocycles. The van der Waals surface area contributed by atoms with Gasteiger partial charge in [0.25, 0.3) is 5.91 Å². The van der Waals surface area contributed by atoms with E-state index in [2.05, 4.69) is 11.4 Å². The minimum atomic E-state index is -4.62. The number of hydrogen-bond donors (Lipinski definition) is 3. The van der Waals surface area contributed by atoms with Gasteiger partial charge in [0.15, 0.2) is 0 Å². The number of ether oxygens (including phenoxy) is 2. The Labute approximate surface area is 281 Å². The number of pyridine rings is 1. The van der Waals surface area contributed by atoms with E-state index < -0.39 is 34.6 Å². The fraction of sp³-hybridized carbons (Fsp3) is 0.459. The summed E-state index contributed by atoms with van der Waals surface area (Å²) in [6.45, 7) is 2.86. The summed E-state index contributed by atoms with van der Waals surface area (Å²) in [5.74, 6) is -0.0416. The summed E-state index contributed by atoms with van der Waals surface area (Å²) >= 11 is 0. The topological polar surface area (TPSA) is 136 Å². The first kappa shape index (κ1) is 33.1. The Bertz CT molecular complexity index is 1990. The highest BCUT2D eigenvalue weighted by Crippen LogP contribution is 2.50. The van der Waals surface area contributed by atoms with E-state index in [1.54, 1.807) is 32.0 Å². The highest BCUT2D eigenvalue weighted by atomic mass is 19.4. The highest BCUT2D eigenvalue weighted by Gasteiger charge is 2.50. The monoisotopic (exact) mass is 676 g/mol. The lowest BCUT2D eigenvalue weighted by Gasteiger charge is -2.30. The SMILES string of the molecule is COc1cc(C(=O)NC[C@](O)(c2cc3c(c(-c4cc(C(F)(F)F)ccc4C)n2)OC[C@]3(C)C(N)=O)C2CC2)cc2c1=NC(CCC1CC1)C=2. The number of benzene rings is 2. The van der Waals surface area contributed by atoms with E-state index in [0.717, 1.165) is 36.1 Å². The summed E-state index contributed by atoms with van der Waals surface area (Å²) in [5, 5.41) is 16.7. The van der Waals surface area contributed by atoms with E-state index in [9.17, 15) is 27.9 Å². The van der Waals surface area contributed by atoms with Crippen LogP contribution in [0.25, 0.3) is 17.3 Å². The third-order valence-corrected chi connectivity index (χ3v) is 10.5. The Hall–Kier alpha value is -4.45. The second-order valence-corrected chi connectivity index (χ2v) is 14.1. The van der Waals surface area contributed by atoms with Crippen molar-refractivity contribution in [2.75, 3.05) is 20.3 Å². The summed E-state index contributed by atoms with van der Waals surface area (Å²) in [6.07, 6.45) is 3.31. The van der Waals surface area contributed by atoms with Gasteiger partial charge in [-0.2, -0.15) is 13.2 Å². The fourth-order valence-corrected chi connectivity index (χ4v) is 6.92. The van der Waals surface area contributed by atoms with E-state index >= 15 is 0 Å². The van der Waals surface area contributed by atoms with Gasteiger partial charge in [0.05, 0.1) is 31.0 Å². The van der Waals surface area contributed by atoms with Crippen LogP contribution in [0.3, 0.4) is 0 Å². The van der Waals surface area contributed by atoms with Crippen molar-refractivity contribution in [3.8, 4) is 22.8 Å². The number of alkyl halides is 3. The molecule has 4 aliphatic rings. The number of amides is 2. The van der Waals surface area contributed by atoms with Crippen LogP contribution in [0.5, 0.6) is 11.5 Å². The van der Waals surface area contributed by atoms with Crippen molar-refractivity contribution in [1.82, 2.24) is 10.3 Å². The first-order chi connectivity index (χ1) is 23.2. The second kappa shape index (κ2) is 11.9. The van der Waals surface area contributed by atoms with Gasteiger partial charge in [0.2, 0.25) is 5.91 Å². The molecule has 2 aliphatic heterocycles. The maximum atomic E-state index is 13.8. The molecular formula is C37H39F3N4O5. The smallest absolute Gasteiger partial charge is 0.416 e. The van der Waals surface area contributed by atoms with E-state index in [1.807, 2.05) is 0 Å². The average molecular weight is 677 g/mol. The predicted octanol–water partition coefficient (Wildman–Crippen LogP) is 4.22. The molecule has 12 heteroatoms. The zero-order chi connectivity index (χ0) is 34.9. The molecule has 1 aromatic heterocycles. The number of nitrogens with zero attached hydrogens (tertiary/aromatic N) is 2. The Balaban J connectivity index is 1.24. The number of hydrogen-bond acceptors (Lipinski definition) is 7.